The van der Waals surface area contributed by atoms with Crippen molar-refractivity contribution in [3.63, 3.8) is 0 Å². The van der Waals surface area contributed by atoms with Crippen molar-refractivity contribution in [1.29, 1.82) is 0 Å². The summed E-state index contributed by atoms with van der Waals surface area (Å²) < 4.78 is 2.25. The summed E-state index contributed by atoms with van der Waals surface area (Å²) >= 11 is 3.22. The van der Waals surface area contributed by atoms with Gasteiger partial charge < -0.3 is 11.5 Å². The molecule has 0 unspecified atom stereocenters. The van der Waals surface area contributed by atoms with Crippen molar-refractivity contribution in [2.45, 2.75) is 25.8 Å². The van der Waals surface area contributed by atoms with Gasteiger partial charge in [-0.05, 0) is 28.8 Å². The maximum Gasteiger partial charge on any atom is 0.240 e. The number of carbonyl (C=O) groups is 1. The molecule has 0 aromatic carbocycles. The first-order valence-corrected chi connectivity index (χ1v) is 5.03. The number of hydrogen-bond acceptors (Lipinski definition) is 4. The summed E-state index contributed by atoms with van der Waals surface area (Å²) in [7, 11) is 0. The number of anilines is 1. The standard InChI is InChI=1S/C7H12BrN5O/c8-6-11-7(10)12-13(6)4-2-1-3-5(9)14/h1-4H2,(H2,9,14)(H2,10,12). The molecule has 78 valence electrons. The summed E-state index contributed by atoms with van der Waals surface area (Å²) in [5, 5.41) is 3.95. The van der Waals surface area contributed by atoms with E-state index in [1.807, 2.05) is 0 Å². The third-order valence-electron chi connectivity index (χ3n) is 1.69. The van der Waals surface area contributed by atoms with E-state index < -0.39 is 0 Å². The van der Waals surface area contributed by atoms with E-state index in [1.54, 1.807) is 4.68 Å². The Morgan fingerprint density at radius 1 is 1.50 bits per heavy atom. The Hall–Kier alpha value is -1.11. The topological polar surface area (TPSA) is 99.8 Å². The van der Waals surface area contributed by atoms with E-state index in [2.05, 4.69) is 26.0 Å². The predicted octanol–water partition coefficient (Wildman–Crippen LogP) is 0.278. The van der Waals surface area contributed by atoms with Gasteiger partial charge in [0.15, 0.2) is 4.73 Å². The van der Waals surface area contributed by atoms with Gasteiger partial charge in [-0.1, -0.05) is 0 Å². The molecule has 1 aromatic rings. The Balaban J connectivity index is 2.31. The van der Waals surface area contributed by atoms with Gasteiger partial charge in [0.1, 0.15) is 0 Å². The minimum Gasteiger partial charge on any atom is -0.370 e. The van der Waals surface area contributed by atoms with Gasteiger partial charge in [-0.15, -0.1) is 5.10 Å². The molecule has 0 saturated carbocycles. The van der Waals surface area contributed by atoms with Crippen molar-refractivity contribution in [3.05, 3.63) is 4.73 Å². The van der Waals surface area contributed by atoms with Crippen molar-refractivity contribution in [1.82, 2.24) is 14.8 Å². The fraction of sp³-hybridized carbons (Fsp3) is 0.571. The van der Waals surface area contributed by atoms with Gasteiger partial charge in [0.2, 0.25) is 11.9 Å². The Morgan fingerprint density at radius 2 is 2.21 bits per heavy atom. The highest BCUT2D eigenvalue weighted by Gasteiger charge is 2.03. The van der Waals surface area contributed by atoms with Crippen LogP contribution in [0.5, 0.6) is 0 Å². The summed E-state index contributed by atoms with van der Waals surface area (Å²) in [5.74, 6) is -0.0334. The molecular weight excluding hydrogens is 250 g/mol. The fourth-order valence-electron chi connectivity index (χ4n) is 1.04. The second-order valence-electron chi connectivity index (χ2n) is 2.89. The van der Waals surface area contributed by atoms with Gasteiger partial charge in [-0.3, -0.25) is 4.79 Å². The molecule has 0 atom stereocenters. The smallest absolute Gasteiger partial charge is 0.240 e. The zero-order valence-electron chi connectivity index (χ0n) is 7.61. The number of aromatic nitrogens is 3. The summed E-state index contributed by atoms with van der Waals surface area (Å²) in [4.78, 5) is 14.3. The summed E-state index contributed by atoms with van der Waals surface area (Å²) in [5.41, 5.74) is 10.4. The third kappa shape index (κ3) is 3.33. The molecule has 0 aliphatic carbocycles. The molecule has 1 aromatic heterocycles. The molecule has 0 aliphatic heterocycles. The molecule has 14 heavy (non-hydrogen) atoms. The molecule has 6 nitrogen and oxygen atoms in total. The van der Waals surface area contributed by atoms with Crippen molar-refractivity contribution in [3.8, 4) is 0 Å². The second-order valence-corrected chi connectivity index (χ2v) is 3.59. The van der Waals surface area contributed by atoms with Gasteiger partial charge in [-0.2, -0.15) is 4.98 Å². The Labute approximate surface area is 89.8 Å². The Bertz CT molecular complexity index is 324. The van der Waals surface area contributed by atoms with E-state index in [9.17, 15) is 4.79 Å². The molecule has 1 heterocycles. The van der Waals surface area contributed by atoms with Crippen LogP contribution in [0.4, 0.5) is 5.95 Å². The van der Waals surface area contributed by atoms with E-state index in [1.165, 1.54) is 0 Å². The van der Waals surface area contributed by atoms with E-state index in [0.717, 1.165) is 12.8 Å². The minimum atomic E-state index is -0.276. The molecule has 0 aliphatic rings. The highest BCUT2D eigenvalue weighted by atomic mass is 79.9. The summed E-state index contributed by atoms with van der Waals surface area (Å²) in [6, 6.07) is 0. The predicted molar refractivity (Wildman–Crippen MR) is 55.2 cm³/mol. The van der Waals surface area contributed by atoms with Crippen LogP contribution in [0.25, 0.3) is 0 Å². The average molecular weight is 262 g/mol. The second kappa shape index (κ2) is 4.94. The molecule has 0 saturated heterocycles. The molecule has 0 bridgehead atoms. The van der Waals surface area contributed by atoms with Crippen LogP contribution >= 0.6 is 15.9 Å². The third-order valence-corrected chi connectivity index (χ3v) is 2.27. The quantitative estimate of drug-likeness (QED) is 0.744. The van der Waals surface area contributed by atoms with E-state index in [4.69, 9.17) is 11.5 Å². The number of amides is 1. The minimum absolute atomic E-state index is 0.242. The first-order valence-electron chi connectivity index (χ1n) is 4.23. The van der Waals surface area contributed by atoms with Crippen LogP contribution in [0, 0.1) is 0 Å². The number of aryl methyl sites for hydroxylation is 1. The van der Waals surface area contributed by atoms with Gasteiger partial charge >= 0.3 is 0 Å². The highest BCUT2D eigenvalue weighted by molar-refractivity contribution is 9.10. The number of nitrogens with zero attached hydrogens (tertiary/aromatic N) is 3. The molecule has 4 N–H and O–H groups in total. The lowest BCUT2D eigenvalue weighted by Crippen LogP contribution is -2.10. The first-order chi connectivity index (χ1) is 6.59. The van der Waals surface area contributed by atoms with Crippen molar-refractivity contribution >= 4 is 27.8 Å². The Kier molecular flexibility index (Phi) is 3.87. The average Bonchev–Trinajstić information content (AvgIpc) is 2.39. The van der Waals surface area contributed by atoms with Gasteiger partial charge in [0, 0.05) is 13.0 Å². The zero-order valence-corrected chi connectivity index (χ0v) is 9.20. The lowest BCUT2D eigenvalue weighted by atomic mass is 10.2. The maximum atomic E-state index is 10.4. The van der Waals surface area contributed by atoms with Crippen LogP contribution in [-0.2, 0) is 11.3 Å². The molecule has 0 radical (unpaired) electrons. The number of nitrogen functional groups attached to an aromatic ring is 1. The number of hydrogen-bond donors (Lipinski definition) is 2. The molecule has 0 spiro atoms. The van der Waals surface area contributed by atoms with Crippen molar-refractivity contribution in [2.24, 2.45) is 5.73 Å². The number of primary amides is 1. The zero-order chi connectivity index (χ0) is 10.6. The highest BCUT2D eigenvalue weighted by Crippen LogP contribution is 2.09. The fourth-order valence-corrected chi connectivity index (χ4v) is 1.48. The monoisotopic (exact) mass is 261 g/mol. The van der Waals surface area contributed by atoms with E-state index >= 15 is 0 Å². The molecule has 0 fully saturated rings. The number of nitrogens with two attached hydrogens (primary N) is 2. The maximum absolute atomic E-state index is 10.4. The summed E-state index contributed by atoms with van der Waals surface area (Å²) in [6.07, 6.45) is 1.98. The van der Waals surface area contributed by atoms with Gasteiger partial charge in [0.05, 0.1) is 0 Å². The molecular formula is C7H12BrN5O. The van der Waals surface area contributed by atoms with Crippen LogP contribution < -0.4 is 11.5 Å². The SMILES string of the molecule is NC(=O)CCCCn1nc(N)nc1Br. The molecule has 1 rings (SSSR count). The van der Waals surface area contributed by atoms with Crippen LogP contribution in [0.3, 0.4) is 0 Å². The van der Waals surface area contributed by atoms with Crippen LogP contribution in [-0.4, -0.2) is 20.7 Å². The summed E-state index contributed by atoms with van der Waals surface area (Å²) in [6.45, 7) is 0.679. The molecule has 7 heteroatoms. The van der Waals surface area contributed by atoms with Crippen LogP contribution in [0.1, 0.15) is 19.3 Å². The first kappa shape index (κ1) is 11.0. The van der Waals surface area contributed by atoms with E-state index in [0.29, 0.717) is 17.7 Å². The van der Waals surface area contributed by atoms with Crippen molar-refractivity contribution < 1.29 is 4.79 Å². The molecule has 1 amide bonds. The van der Waals surface area contributed by atoms with Crippen molar-refractivity contribution in [2.75, 3.05) is 5.73 Å². The number of halogens is 1. The number of unbranched alkanes of at least 4 members (excludes halogenated alkanes) is 1. The van der Waals surface area contributed by atoms with E-state index in [-0.39, 0.29) is 11.9 Å². The normalized spacial score (nSPS) is 10.4. The number of rotatable bonds is 5. The van der Waals surface area contributed by atoms with Crippen LogP contribution in [0.2, 0.25) is 0 Å². The van der Waals surface area contributed by atoms with Gasteiger partial charge in [-0.25, -0.2) is 4.68 Å². The lowest BCUT2D eigenvalue weighted by Gasteiger charge is -2.00. The lowest BCUT2D eigenvalue weighted by molar-refractivity contribution is -0.118. The van der Waals surface area contributed by atoms with Crippen LogP contribution in [0.15, 0.2) is 4.73 Å². The van der Waals surface area contributed by atoms with Gasteiger partial charge in [0.25, 0.3) is 0 Å². The largest absolute Gasteiger partial charge is 0.370 e. The Morgan fingerprint density at radius 3 is 2.71 bits per heavy atom. The number of carbonyl (C=O) groups excluding carboxylic acids is 1.